The predicted octanol–water partition coefficient (Wildman–Crippen LogP) is 1.25. The Bertz CT molecular complexity index is 777. The van der Waals surface area contributed by atoms with Crippen molar-refractivity contribution in [2.24, 2.45) is 0 Å². The maximum Gasteiger partial charge on any atom is 0.261 e. The monoisotopic (exact) mass is 373 g/mol. The zero-order valence-electron chi connectivity index (χ0n) is 14.6. The summed E-state index contributed by atoms with van der Waals surface area (Å²) < 4.78 is 0. The number of nitrogens with zero attached hydrogens (tertiary/aromatic N) is 2. The van der Waals surface area contributed by atoms with Gasteiger partial charge in [0.05, 0.1) is 22.4 Å². The summed E-state index contributed by atoms with van der Waals surface area (Å²) in [6.45, 7) is 2.75. The van der Waals surface area contributed by atoms with Crippen molar-refractivity contribution >= 4 is 23.2 Å². The SMILES string of the molecule is O=C(NCCC(=O)N1CCC2(CC1)NCCc1[nH]cnc12)c1cccs1. The Balaban J connectivity index is 1.27. The molecule has 0 aliphatic carbocycles. The third-order valence-electron chi connectivity index (χ3n) is 5.35. The fraction of sp³-hybridized carbons (Fsp3) is 0.500. The van der Waals surface area contributed by atoms with Crippen LogP contribution in [-0.2, 0) is 16.8 Å². The summed E-state index contributed by atoms with van der Waals surface area (Å²) in [5, 5.41) is 8.32. The van der Waals surface area contributed by atoms with Crippen molar-refractivity contribution in [1.29, 1.82) is 0 Å². The van der Waals surface area contributed by atoms with E-state index >= 15 is 0 Å². The van der Waals surface area contributed by atoms with Gasteiger partial charge >= 0.3 is 0 Å². The normalized spacial score (nSPS) is 18.5. The Morgan fingerprint density at radius 2 is 2.19 bits per heavy atom. The van der Waals surface area contributed by atoms with Crippen LogP contribution in [0.3, 0.4) is 0 Å². The molecule has 7 nitrogen and oxygen atoms in total. The lowest BCUT2D eigenvalue weighted by atomic mass is 9.80. The molecule has 0 atom stereocenters. The van der Waals surface area contributed by atoms with Crippen molar-refractivity contribution in [2.45, 2.75) is 31.2 Å². The summed E-state index contributed by atoms with van der Waals surface area (Å²) >= 11 is 1.40. The number of carbonyl (C=O) groups excluding carboxylic acids is 2. The molecule has 0 aromatic carbocycles. The maximum absolute atomic E-state index is 12.5. The summed E-state index contributed by atoms with van der Waals surface area (Å²) in [7, 11) is 0. The largest absolute Gasteiger partial charge is 0.351 e. The summed E-state index contributed by atoms with van der Waals surface area (Å²) in [6.07, 6.45) is 4.83. The molecule has 2 aliphatic heterocycles. The molecule has 0 saturated carbocycles. The second-order valence-electron chi connectivity index (χ2n) is 6.85. The van der Waals surface area contributed by atoms with E-state index in [9.17, 15) is 9.59 Å². The second kappa shape index (κ2) is 7.20. The molecule has 8 heteroatoms. The summed E-state index contributed by atoms with van der Waals surface area (Å²) in [5.74, 6) is -0.00717. The van der Waals surface area contributed by atoms with Crippen LogP contribution in [0, 0.1) is 0 Å². The first kappa shape index (κ1) is 17.2. The lowest BCUT2D eigenvalue weighted by Crippen LogP contribution is -2.55. The van der Waals surface area contributed by atoms with Gasteiger partial charge in [0.25, 0.3) is 5.91 Å². The van der Waals surface area contributed by atoms with Gasteiger partial charge in [0, 0.05) is 44.7 Å². The molecule has 0 bridgehead atoms. The van der Waals surface area contributed by atoms with Crippen LogP contribution in [0.4, 0.5) is 0 Å². The van der Waals surface area contributed by atoms with Crippen LogP contribution < -0.4 is 10.6 Å². The molecule has 4 rings (SSSR count). The lowest BCUT2D eigenvalue weighted by molar-refractivity contribution is -0.132. The van der Waals surface area contributed by atoms with Crippen molar-refractivity contribution in [3.8, 4) is 0 Å². The molecule has 3 N–H and O–H groups in total. The van der Waals surface area contributed by atoms with Gasteiger partial charge in [0.15, 0.2) is 0 Å². The van der Waals surface area contributed by atoms with Crippen LogP contribution in [0.15, 0.2) is 23.8 Å². The number of piperidine rings is 1. The number of thiophene rings is 1. The van der Waals surface area contributed by atoms with Gasteiger partial charge < -0.3 is 20.5 Å². The van der Waals surface area contributed by atoms with Gasteiger partial charge in [-0.25, -0.2) is 4.98 Å². The minimum Gasteiger partial charge on any atom is -0.351 e. The highest BCUT2D eigenvalue weighted by Gasteiger charge is 2.41. The molecular weight excluding hydrogens is 350 g/mol. The number of carbonyl (C=O) groups is 2. The van der Waals surface area contributed by atoms with Gasteiger partial charge in [0.2, 0.25) is 5.91 Å². The summed E-state index contributed by atoms with van der Waals surface area (Å²) in [4.78, 5) is 34.7. The van der Waals surface area contributed by atoms with Crippen LogP contribution in [0.2, 0.25) is 0 Å². The number of fused-ring (bicyclic) bond motifs is 2. The standard InChI is InChI=1S/C18H23N5O2S/c24-15(4-7-19-17(25)14-2-1-11-26-14)23-9-5-18(6-10-23)16-13(3-8-22-18)20-12-21-16/h1-2,11-12,22H,3-10H2,(H,19,25)(H,20,21). The zero-order chi connectivity index (χ0) is 18.0. The Morgan fingerprint density at radius 3 is 2.96 bits per heavy atom. The van der Waals surface area contributed by atoms with E-state index < -0.39 is 0 Å². The van der Waals surface area contributed by atoms with E-state index in [2.05, 4.69) is 20.6 Å². The Morgan fingerprint density at radius 1 is 1.35 bits per heavy atom. The van der Waals surface area contributed by atoms with Crippen LogP contribution in [0.25, 0.3) is 0 Å². The summed E-state index contributed by atoms with van der Waals surface area (Å²) in [6, 6.07) is 3.63. The van der Waals surface area contributed by atoms with Crippen LogP contribution >= 0.6 is 11.3 Å². The van der Waals surface area contributed by atoms with Crippen molar-refractivity contribution in [1.82, 2.24) is 25.5 Å². The van der Waals surface area contributed by atoms with E-state index in [4.69, 9.17) is 0 Å². The molecule has 1 saturated heterocycles. The average molecular weight is 373 g/mol. The van der Waals surface area contributed by atoms with E-state index in [0.717, 1.165) is 44.6 Å². The van der Waals surface area contributed by atoms with Crippen molar-refractivity contribution in [3.05, 3.63) is 40.1 Å². The molecule has 1 fully saturated rings. The molecule has 138 valence electrons. The fourth-order valence-corrected chi connectivity index (χ4v) is 4.56. The fourth-order valence-electron chi connectivity index (χ4n) is 3.92. The van der Waals surface area contributed by atoms with E-state index in [1.165, 1.54) is 17.0 Å². The van der Waals surface area contributed by atoms with Crippen LogP contribution in [0.1, 0.15) is 40.3 Å². The third kappa shape index (κ3) is 3.26. The molecule has 1 spiro atoms. The van der Waals surface area contributed by atoms with Gasteiger partial charge in [0.1, 0.15) is 0 Å². The number of amides is 2. The van der Waals surface area contributed by atoms with Gasteiger partial charge in [-0.1, -0.05) is 6.07 Å². The van der Waals surface area contributed by atoms with E-state index in [-0.39, 0.29) is 17.4 Å². The molecule has 0 radical (unpaired) electrons. The number of aromatic amines is 1. The number of hydrogen-bond acceptors (Lipinski definition) is 5. The molecule has 2 aromatic heterocycles. The van der Waals surface area contributed by atoms with E-state index in [1.54, 1.807) is 12.4 Å². The zero-order valence-corrected chi connectivity index (χ0v) is 15.4. The minimum absolute atomic E-state index is 0.0995. The molecule has 26 heavy (non-hydrogen) atoms. The molecule has 2 aromatic rings. The number of aromatic nitrogens is 2. The highest BCUT2D eigenvalue weighted by Crippen LogP contribution is 2.35. The molecule has 4 heterocycles. The van der Waals surface area contributed by atoms with Crippen molar-refractivity contribution in [2.75, 3.05) is 26.2 Å². The second-order valence-corrected chi connectivity index (χ2v) is 7.80. The Kier molecular flexibility index (Phi) is 4.78. The average Bonchev–Trinajstić information content (AvgIpc) is 3.35. The molecule has 2 amide bonds. The topological polar surface area (TPSA) is 90.1 Å². The number of imidazole rings is 1. The van der Waals surface area contributed by atoms with E-state index in [0.29, 0.717) is 17.8 Å². The van der Waals surface area contributed by atoms with Crippen molar-refractivity contribution in [3.63, 3.8) is 0 Å². The van der Waals surface area contributed by atoms with Gasteiger partial charge in [-0.15, -0.1) is 11.3 Å². The first-order chi connectivity index (χ1) is 12.7. The predicted molar refractivity (Wildman–Crippen MR) is 99.1 cm³/mol. The smallest absolute Gasteiger partial charge is 0.261 e. The van der Waals surface area contributed by atoms with Crippen LogP contribution in [0.5, 0.6) is 0 Å². The highest BCUT2D eigenvalue weighted by atomic mass is 32.1. The van der Waals surface area contributed by atoms with Gasteiger partial charge in [-0.2, -0.15) is 0 Å². The Labute approximate surface area is 156 Å². The molecule has 2 aliphatic rings. The molecular formula is C18H23N5O2S. The number of likely N-dealkylation sites (tertiary alicyclic amines) is 1. The van der Waals surface area contributed by atoms with Crippen LogP contribution in [-0.4, -0.2) is 52.9 Å². The Hall–Kier alpha value is -2.19. The third-order valence-corrected chi connectivity index (χ3v) is 6.22. The summed E-state index contributed by atoms with van der Waals surface area (Å²) in [5.41, 5.74) is 2.25. The first-order valence-corrected chi connectivity index (χ1v) is 9.93. The number of H-pyrrole nitrogens is 1. The quantitative estimate of drug-likeness (QED) is 0.753. The minimum atomic E-state index is -0.108. The maximum atomic E-state index is 12.5. The van der Waals surface area contributed by atoms with Crippen molar-refractivity contribution < 1.29 is 9.59 Å². The van der Waals surface area contributed by atoms with Gasteiger partial charge in [-0.05, 0) is 24.3 Å². The number of hydrogen-bond donors (Lipinski definition) is 3. The van der Waals surface area contributed by atoms with E-state index in [1.807, 2.05) is 16.3 Å². The lowest BCUT2D eigenvalue weighted by Gasteiger charge is -2.44. The van der Waals surface area contributed by atoms with Gasteiger partial charge in [-0.3, -0.25) is 9.59 Å². The first-order valence-electron chi connectivity index (χ1n) is 9.05. The number of nitrogens with one attached hydrogen (secondary N) is 3. The number of rotatable bonds is 4. The highest BCUT2D eigenvalue weighted by molar-refractivity contribution is 7.12. The molecule has 0 unspecified atom stereocenters.